The number of rotatable bonds is 8. The van der Waals surface area contributed by atoms with Gasteiger partial charge in [-0.15, -0.1) is 0 Å². The van der Waals surface area contributed by atoms with Gasteiger partial charge in [-0.05, 0) is 49.4 Å². The fraction of sp³-hybridized carbons (Fsp3) is 0.235. The number of nitrogens with one attached hydrogen (secondary N) is 1. The van der Waals surface area contributed by atoms with Crippen molar-refractivity contribution in [1.29, 1.82) is 0 Å². The van der Waals surface area contributed by atoms with Crippen LogP contribution in [-0.2, 0) is 10.0 Å². The standard InChI is InChI=1S/C17H19ClN2O5S/c1-2-24-13-4-6-14(7-5-13)25-10-9-20-17(21)12-3-8-15(18)16(11-12)26(19,22)23/h3-8,11H,2,9-10H2,1H3,(H,20,21)(H2,19,22,23). The van der Waals surface area contributed by atoms with E-state index in [1.54, 1.807) is 24.3 Å². The topological polar surface area (TPSA) is 108 Å². The number of carbonyl (C=O) groups is 1. The first-order valence-electron chi connectivity index (χ1n) is 7.77. The van der Waals surface area contributed by atoms with E-state index in [0.717, 1.165) is 11.8 Å². The van der Waals surface area contributed by atoms with Crippen molar-refractivity contribution in [2.24, 2.45) is 5.14 Å². The van der Waals surface area contributed by atoms with E-state index in [1.165, 1.54) is 12.1 Å². The van der Waals surface area contributed by atoms with E-state index >= 15 is 0 Å². The van der Waals surface area contributed by atoms with Crippen LogP contribution in [0.2, 0.25) is 5.02 Å². The Balaban J connectivity index is 1.87. The Hall–Kier alpha value is -2.29. The highest BCUT2D eigenvalue weighted by Crippen LogP contribution is 2.21. The molecule has 0 atom stereocenters. The Morgan fingerprint density at radius 2 is 1.73 bits per heavy atom. The third-order valence-electron chi connectivity index (χ3n) is 3.29. The van der Waals surface area contributed by atoms with Crippen molar-refractivity contribution < 1.29 is 22.7 Å². The van der Waals surface area contributed by atoms with Crippen LogP contribution in [0, 0.1) is 0 Å². The third-order valence-corrected chi connectivity index (χ3v) is 4.68. The lowest BCUT2D eigenvalue weighted by atomic mass is 10.2. The second kappa shape index (κ2) is 8.88. The molecule has 0 aromatic heterocycles. The predicted octanol–water partition coefficient (Wildman–Crippen LogP) is 2.19. The van der Waals surface area contributed by atoms with E-state index < -0.39 is 15.9 Å². The molecule has 0 spiro atoms. The summed E-state index contributed by atoms with van der Waals surface area (Å²) in [7, 11) is -4.01. The molecule has 9 heteroatoms. The smallest absolute Gasteiger partial charge is 0.251 e. The van der Waals surface area contributed by atoms with Crippen LogP contribution in [0.3, 0.4) is 0 Å². The third kappa shape index (κ3) is 5.62. The highest BCUT2D eigenvalue weighted by Gasteiger charge is 2.16. The van der Waals surface area contributed by atoms with Gasteiger partial charge in [-0.25, -0.2) is 13.6 Å². The summed E-state index contributed by atoms with van der Waals surface area (Å²) in [6.07, 6.45) is 0. The van der Waals surface area contributed by atoms with Crippen molar-refractivity contribution in [2.75, 3.05) is 19.8 Å². The molecule has 0 aliphatic rings. The predicted molar refractivity (Wildman–Crippen MR) is 98.3 cm³/mol. The summed E-state index contributed by atoms with van der Waals surface area (Å²) < 4.78 is 33.7. The van der Waals surface area contributed by atoms with Gasteiger partial charge in [0.05, 0.1) is 18.2 Å². The van der Waals surface area contributed by atoms with Gasteiger partial charge in [0, 0.05) is 5.56 Å². The van der Waals surface area contributed by atoms with Crippen LogP contribution < -0.4 is 19.9 Å². The highest BCUT2D eigenvalue weighted by atomic mass is 35.5. The molecule has 0 saturated heterocycles. The van der Waals surface area contributed by atoms with Crippen LogP contribution in [-0.4, -0.2) is 34.1 Å². The van der Waals surface area contributed by atoms with Gasteiger partial charge in [-0.3, -0.25) is 4.79 Å². The molecule has 7 nitrogen and oxygen atoms in total. The average Bonchev–Trinajstić information content (AvgIpc) is 2.59. The molecule has 0 aliphatic heterocycles. The first-order chi connectivity index (χ1) is 12.3. The molecule has 0 unspecified atom stereocenters. The molecule has 0 aliphatic carbocycles. The number of hydrogen-bond donors (Lipinski definition) is 2. The molecule has 1 amide bonds. The molecule has 0 radical (unpaired) electrons. The van der Waals surface area contributed by atoms with E-state index in [2.05, 4.69) is 5.32 Å². The monoisotopic (exact) mass is 398 g/mol. The van der Waals surface area contributed by atoms with Gasteiger partial charge < -0.3 is 14.8 Å². The van der Waals surface area contributed by atoms with Gasteiger partial charge in [-0.1, -0.05) is 11.6 Å². The quantitative estimate of drug-likeness (QED) is 0.663. The minimum atomic E-state index is -4.01. The van der Waals surface area contributed by atoms with Crippen LogP contribution >= 0.6 is 11.6 Å². The number of benzene rings is 2. The van der Waals surface area contributed by atoms with E-state index in [-0.39, 0.29) is 28.6 Å². The summed E-state index contributed by atoms with van der Waals surface area (Å²) in [6, 6.07) is 11.0. The van der Waals surface area contributed by atoms with Crippen LogP contribution in [0.25, 0.3) is 0 Å². The van der Waals surface area contributed by atoms with E-state index in [9.17, 15) is 13.2 Å². The normalized spacial score (nSPS) is 11.0. The summed E-state index contributed by atoms with van der Waals surface area (Å²) in [5.41, 5.74) is 0.138. The van der Waals surface area contributed by atoms with Gasteiger partial charge >= 0.3 is 0 Å². The Bertz CT molecular complexity index is 869. The number of amides is 1. The maximum atomic E-state index is 12.1. The molecule has 2 aromatic rings. The molecule has 0 bridgehead atoms. The highest BCUT2D eigenvalue weighted by molar-refractivity contribution is 7.89. The molecule has 0 fully saturated rings. The zero-order chi connectivity index (χ0) is 19.2. The minimum absolute atomic E-state index is 0.0390. The van der Waals surface area contributed by atoms with Crippen LogP contribution in [0.5, 0.6) is 11.5 Å². The summed E-state index contributed by atoms with van der Waals surface area (Å²) in [6.45, 7) is 2.97. The van der Waals surface area contributed by atoms with Gasteiger partial charge in [-0.2, -0.15) is 0 Å². The minimum Gasteiger partial charge on any atom is -0.494 e. The first-order valence-corrected chi connectivity index (χ1v) is 9.70. The van der Waals surface area contributed by atoms with Crippen molar-refractivity contribution in [2.45, 2.75) is 11.8 Å². The van der Waals surface area contributed by atoms with E-state index in [4.69, 9.17) is 26.2 Å². The maximum absolute atomic E-state index is 12.1. The van der Waals surface area contributed by atoms with E-state index in [0.29, 0.717) is 12.4 Å². The molecule has 0 saturated carbocycles. The Kier molecular flexibility index (Phi) is 6.84. The second-order valence-corrected chi connectivity index (χ2v) is 7.14. The number of sulfonamides is 1. The van der Waals surface area contributed by atoms with Crippen molar-refractivity contribution in [1.82, 2.24) is 5.32 Å². The number of nitrogens with two attached hydrogens (primary N) is 1. The summed E-state index contributed by atoms with van der Waals surface area (Å²) in [5.74, 6) is 0.939. The van der Waals surface area contributed by atoms with Crippen LogP contribution in [0.1, 0.15) is 17.3 Å². The van der Waals surface area contributed by atoms with Crippen molar-refractivity contribution in [3.8, 4) is 11.5 Å². The molecule has 3 N–H and O–H groups in total. The summed E-state index contributed by atoms with van der Waals surface area (Å²) in [5, 5.41) is 7.66. The maximum Gasteiger partial charge on any atom is 0.251 e. The number of carbonyl (C=O) groups excluding carboxylic acids is 1. The van der Waals surface area contributed by atoms with Crippen LogP contribution in [0.15, 0.2) is 47.4 Å². The number of primary sulfonamides is 1. The molecule has 26 heavy (non-hydrogen) atoms. The molecule has 2 rings (SSSR count). The molecule has 140 valence electrons. The van der Waals surface area contributed by atoms with Crippen LogP contribution in [0.4, 0.5) is 0 Å². The number of halogens is 1. The lowest BCUT2D eigenvalue weighted by Crippen LogP contribution is -2.28. The number of ether oxygens (including phenoxy) is 2. The average molecular weight is 399 g/mol. The Morgan fingerprint density at radius 3 is 2.31 bits per heavy atom. The van der Waals surface area contributed by atoms with Gasteiger partial charge in [0.15, 0.2) is 0 Å². The zero-order valence-electron chi connectivity index (χ0n) is 14.1. The first kappa shape index (κ1) is 20.0. The largest absolute Gasteiger partial charge is 0.494 e. The lowest BCUT2D eigenvalue weighted by molar-refractivity contribution is 0.0947. The van der Waals surface area contributed by atoms with Gasteiger partial charge in [0.2, 0.25) is 10.0 Å². The fourth-order valence-corrected chi connectivity index (χ4v) is 3.17. The lowest BCUT2D eigenvalue weighted by Gasteiger charge is -2.10. The Labute approximate surface area is 157 Å². The van der Waals surface area contributed by atoms with Gasteiger partial charge in [0.1, 0.15) is 23.0 Å². The molecular weight excluding hydrogens is 380 g/mol. The molecule has 2 aromatic carbocycles. The van der Waals surface area contributed by atoms with Crippen molar-refractivity contribution in [3.05, 3.63) is 53.1 Å². The summed E-state index contributed by atoms with van der Waals surface area (Å²) in [4.78, 5) is 11.8. The molecular formula is C17H19ClN2O5S. The Morgan fingerprint density at radius 1 is 1.12 bits per heavy atom. The van der Waals surface area contributed by atoms with Crippen molar-refractivity contribution in [3.63, 3.8) is 0 Å². The fourth-order valence-electron chi connectivity index (χ4n) is 2.10. The second-order valence-electron chi connectivity index (χ2n) is 5.20. The SMILES string of the molecule is CCOc1ccc(OCCNC(=O)c2ccc(Cl)c(S(N)(=O)=O)c2)cc1. The number of hydrogen-bond acceptors (Lipinski definition) is 5. The van der Waals surface area contributed by atoms with Gasteiger partial charge in [0.25, 0.3) is 5.91 Å². The van der Waals surface area contributed by atoms with E-state index in [1.807, 2.05) is 6.92 Å². The summed E-state index contributed by atoms with van der Waals surface area (Å²) >= 11 is 5.79. The van der Waals surface area contributed by atoms with Crippen molar-refractivity contribution >= 4 is 27.5 Å². The zero-order valence-corrected chi connectivity index (χ0v) is 15.6. The molecule has 0 heterocycles.